The molecule has 0 bridgehead atoms. The molecule has 6 nitrogen and oxygen atoms in total. The summed E-state index contributed by atoms with van der Waals surface area (Å²) in [5, 5.41) is 7.42. The first-order valence-corrected chi connectivity index (χ1v) is 8.05. The fourth-order valence-electron chi connectivity index (χ4n) is 1.93. The van der Waals surface area contributed by atoms with Crippen molar-refractivity contribution >= 4 is 34.5 Å². The lowest BCUT2D eigenvalue weighted by atomic mass is 10.2. The third kappa shape index (κ3) is 4.80. The Labute approximate surface area is 138 Å². The van der Waals surface area contributed by atoms with Crippen molar-refractivity contribution in [1.29, 1.82) is 0 Å². The summed E-state index contributed by atoms with van der Waals surface area (Å²) in [5.41, 5.74) is 6.43. The van der Waals surface area contributed by atoms with E-state index in [0.717, 1.165) is 0 Å². The Hall–Kier alpha value is -2.38. The lowest BCUT2D eigenvalue weighted by Gasteiger charge is -2.13. The van der Waals surface area contributed by atoms with E-state index in [-0.39, 0.29) is 11.8 Å². The van der Waals surface area contributed by atoms with E-state index in [0.29, 0.717) is 41.4 Å². The molecule has 2 aromatic rings. The van der Waals surface area contributed by atoms with Crippen LogP contribution in [-0.2, 0) is 4.79 Å². The standard InChI is InChI=1S/C16H19N3O3S/c1-22-11-6-7-12(19-16(21)14-4-3-9-23-14)13(10-11)18-15(20)5-2-8-17/h3-4,6-7,9-10H,2,5,8,17H2,1H3,(H,18,20)(H,19,21). The Bertz CT molecular complexity index is 671. The summed E-state index contributed by atoms with van der Waals surface area (Å²) in [5.74, 6) is 0.214. The monoisotopic (exact) mass is 333 g/mol. The van der Waals surface area contributed by atoms with Gasteiger partial charge in [0.15, 0.2) is 0 Å². The molecule has 0 aliphatic rings. The molecule has 7 heteroatoms. The highest BCUT2D eigenvalue weighted by Crippen LogP contribution is 2.28. The van der Waals surface area contributed by atoms with Gasteiger partial charge in [-0.1, -0.05) is 6.07 Å². The summed E-state index contributed by atoms with van der Waals surface area (Å²) < 4.78 is 5.17. The zero-order valence-electron chi connectivity index (χ0n) is 12.8. The van der Waals surface area contributed by atoms with Gasteiger partial charge in [0.25, 0.3) is 5.91 Å². The SMILES string of the molecule is COc1ccc(NC(=O)c2cccs2)c(NC(=O)CCCN)c1. The van der Waals surface area contributed by atoms with Crippen LogP contribution in [0, 0.1) is 0 Å². The number of hydrogen-bond donors (Lipinski definition) is 3. The number of nitrogens with one attached hydrogen (secondary N) is 2. The number of amides is 2. The smallest absolute Gasteiger partial charge is 0.265 e. The molecule has 0 atom stereocenters. The number of methoxy groups -OCH3 is 1. The van der Waals surface area contributed by atoms with Crippen molar-refractivity contribution in [2.24, 2.45) is 5.73 Å². The van der Waals surface area contributed by atoms with Gasteiger partial charge in [-0.05, 0) is 36.5 Å². The highest BCUT2D eigenvalue weighted by molar-refractivity contribution is 7.12. The summed E-state index contributed by atoms with van der Waals surface area (Å²) in [6.07, 6.45) is 0.929. The van der Waals surface area contributed by atoms with Gasteiger partial charge >= 0.3 is 0 Å². The van der Waals surface area contributed by atoms with E-state index in [1.165, 1.54) is 11.3 Å². The highest BCUT2D eigenvalue weighted by Gasteiger charge is 2.13. The molecule has 1 aromatic heterocycles. The van der Waals surface area contributed by atoms with E-state index in [9.17, 15) is 9.59 Å². The molecule has 23 heavy (non-hydrogen) atoms. The van der Waals surface area contributed by atoms with E-state index in [4.69, 9.17) is 10.5 Å². The number of hydrogen-bond acceptors (Lipinski definition) is 5. The van der Waals surface area contributed by atoms with Gasteiger partial charge < -0.3 is 21.1 Å². The van der Waals surface area contributed by atoms with Gasteiger partial charge in [0.05, 0.1) is 23.4 Å². The molecular formula is C16H19N3O3S. The third-order valence-corrected chi connectivity index (χ3v) is 3.97. The molecule has 0 fully saturated rings. The predicted octanol–water partition coefficient (Wildman–Crippen LogP) is 2.69. The second kappa shape index (κ2) is 8.30. The summed E-state index contributed by atoms with van der Waals surface area (Å²) in [6, 6.07) is 8.64. The average Bonchev–Trinajstić information content (AvgIpc) is 3.09. The minimum atomic E-state index is -0.220. The number of ether oxygens (including phenoxy) is 1. The fourth-order valence-corrected chi connectivity index (χ4v) is 2.55. The minimum Gasteiger partial charge on any atom is -0.497 e. The van der Waals surface area contributed by atoms with Crippen molar-refractivity contribution < 1.29 is 14.3 Å². The van der Waals surface area contributed by atoms with Gasteiger partial charge in [-0.3, -0.25) is 9.59 Å². The van der Waals surface area contributed by atoms with Crippen LogP contribution in [0.4, 0.5) is 11.4 Å². The third-order valence-electron chi connectivity index (χ3n) is 3.10. The average molecular weight is 333 g/mol. The van der Waals surface area contributed by atoms with Crippen LogP contribution in [0.2, 0.25) is 0 Å². The Kier molecular flexibility index (Phi) is 6.13. The van der Waals surface area contributed by atoms with Gasteiger partial charge in [-0.25, -0.2) is 0 Å². The maximum Gasteiger partial charge on any atom is 0.265 e. The van der Waals surface area contributed by atoms with E-state index < -0.39 is 0 Å². The number of carbonyl (C=O) groups is 2. The maximum atomic E-state index is 12.2. The summed E-state index contributed by atoms with van der Waals surface area (Å²) >= 11 is 1.35. The van der Waals surface area contributed by atoms with Crippen LogP contribution in [-0.4, -0.2) is 25.5 Å². The highest BCUT2D eigenvalue weighted by atomic mass is 32.1. The second-order valence-corrected chi connectivity index (χ2v) is 5.73. The van der Waals surface area contributed by atoms with E-state index in [2.05, 4.69) is 10.6 Å². The van der Waals surface area contributed by atoms with Crippen molar-refractivity contribution in [3.8, 4) is 5.75 Å². The summed E-state index contributed by atoms with van der Waals surface area (Å²) in [4.78, 5) is 24.7. The van der Waals surface area contributed by atoms with Gasteiger partial charge in [-0.15, -0.1) is 11.3 Å². The quantitative estimate of drug-likeness (QED) is 0.726. The molecule has 1 heterocycles. The molecule has 122 valence electrons. The van der Waals surface area contributed by atoms with Gasteiger partial charge in [0.1, 0.15) is 5.75 Å². The van der Waals surface area contributed by atoms with Gasteiger partial charge in [0, 0.05) is 12.5 Å². The molecule has 0 saturated carbocycles. The van der Waals surface area contributed by atoms with Crippen molar-refractivity contribution in [2.75, 3.05) is 24.3 Å². The first-order chi connectivity index (χ1) is 11.1. The Morgan fingerprint density at radius 2 is 2.04 bits per heavy atom. The first-order valence-electron chi connectivity index (χ1n) is 7.17. The largest absolute Gasteiger partial charge is 0.497 e. The summed E-state index contributed by atoms with van der Waals surface area (Å²) in [6.45, 7) is 0.452. The molecule has 2 rings (SSSR count). The molecule has 4 N–H and O–H groups in total. The number of nitrogens with two attached hydrogens (primary N) is 1. The molecule has 0 saturated heterocycles. The molecule has 1 aromatic carbocycles. The van der Waals surface area contributed by atoms with E-state index >= 15 is 0 Å². The number of rotatable bonds is 7. The topological polar surface area (TPSA) is 93.5 Å². The number of thiophene rings is 1. The minimum absolute atomic E-state index is 0.157. The van der Waals surface area contributed by atoms with Gasteiger partial charge in [0.2, 0.25) is 5.91 Å². The molecular weight excluding hydrogens is 314 g/mol. The molecule has 0 spiro atoms. The number of carbonyl (C=O) groups excluding carboxylic acids is 2. The first kappa shape index (κ1) is 17.0. The van der Waals surface area contributed by atoms with Crippen LogP contribution in [0.25, 0.3) is 0 Å². The van der Waals surface area contributed by atoms with Crippen LogP contribution < -0.4 is 21.1 Å². The molecule has 0 unspecified atom stereocenters. The van der Waals surface area contributed by atoms with E-state index in [1.807, 2.05) is 11.4 Å². The lowest BCUT2D eigenvalue weighted by Crippen LogP contribution is -2.17. The van der Waals surface area contributed by atoms with Crippen LogP contribution in [0.1, 0.15) is 22.5 Å². The Morgan fingerprint density at radius 1 is 1.22 bits per heavy atom. The predicted molar refractivity (Wildman–Crippen MR) is 92.2 cm³/mol. The van der Waals surface area contributed by atoms with Crippen LogP contribution in [0.5, 0.6) is 5.75 Å². The number of benzene rings is 1. The summed E-state index contributed by atoms with van der Waals surface area (Å²) in [7, 11) is 1.54. The van der Waals surface area contributed by atoms with Crippen molar-refractivity contribution in [2.45, 2.75) is 12.8 Å². The van der Waals surface area contributed by atoms with Crippen molar-refractivity contribution in [1.82, 2.24) is 0 Å². The van der Waals surface area contributed by atoms with Crippen LogP contribution in [0.3, 0.4) is 0 Å². The van der Waals surface area contributed by atoms with Crippen molar-refractivity contribution in [3.63, 3.8) is 0 Å². The maximum absolute atomic E-state index is 12.2. The molecule has 0 radical (unpaired) electrons. The zero-order chi connectivity index (χ0) is 16.7. The second-order valence-electron chi connectivity index (χ2n) is 4.78. The van der Waals surface area contributed by atoms with Gasteiger partial charge in [-0.2, -0.15) is 0 Å². The van der Waals surface area contributed by atoms with Crippen LogP contribution >= 0.6 is 11.3 Å². The lowest BCUT2D eigenvalue weighted by molar-refractivity contribution is -0.116. The zero-order valence-corrected chi connectivity index (χ0v) is 13.6. The molecule has 2 amide bonds. The van der Waals surface area contributed by atoms with E-state index in [1.54, 1.807) is 31.4 Å². The fraction of sp³-hybridized carbons (Fsp3) is 0.250. The van der Waals surface area contributed by atoms with Crippen molar-refractivity contribution in [3.05, 3.63) is 40.6 Å². The molecule has 0 aliphatic heterocycles. The van der Waals surface area contributed by atoms with Crippen LogP contribution in [0.15, 0.2) is 35.7 Å². The number of anilines is 2. The Balaban J connectivity index is 2.17. The normalized spacial score (nSPS) is 10.2. The molecule has 0 aliphatic carbocycles. The Morgan fingerprint density at radius 3 is 2.70 bits per heavy atom.